The van der Waals surface area contributed by atoms with E-state index in [9.17, 15) is 23.6 Å². The predicted octanol–water partition coefficient (Wildman–Crippen LogP) is 0.413. The maximum Gasteiger partial charge on any atom is 0.270 e. The highest BCUT2D eigenvalue weighted by molar-refractivity contribution is 7.89. The van der Waals surface area contributed by atoms with Crippen molar-refractivity contribution < 1.29 is 23.2 Å². The smallest absolute Gasteiger partial charge is 0.270 e. The number of nitrogens with one attached hydrogen (secondary N) is 1. The molecule has 21 heavy (non-hydrogen) atoms. The third kappa shape index (κ3) is 3.38. The quantitative estimate of drug-likeness (QED) is 0.600. The van der Waals surface area contributed by atoms with Crippen LogP contribution in [-0.4, -0.2) is 43.3 Å². The largest absolute Gasteiger partial charge is 0.386 e. The Hall–Kier alpha value is -1.55. The molecule has 1 aliphatic rings. The Bertz CT molecular complexity index is 647. The molecule has 0 bridgehead atoms. The number of rotatable bonds is 5. The van der Waals surface area contributed by atoms with Gasteiger partial charge in [0, 0.05) is 31.7 Å². The standard InChI is InChI=1S/C12H16N2O6S/c1-9-12(15,5-6-20-9)8-13-21(18,19)11-4-2-3-10(7-11)14(16)17/h2-4,7,9,13,15H,5-6,8H2,1H3. The van der Waals surface area contributed by atoms with Gasteiger partial charge in [-0.05, 0) is 13.0 Å². The highest BCUT2D eigenvalue weighted by Crippen LogP contribution is 2.25. The Labute approximate surface area is 121 Å². The fraction of sp³-hybridized carbons (Fsp3) is 0.500. The van der Waals surface area contributed by atoms with Crippen LogP contribution in [0.15, 0.2) is 29.2 Å². The Morgan fingerprint density at radius 2 is 2.29 bits per heavy atom. The van der Waals surface area contributed by atoms with Crippen molar-refractivity contribution in [3.63, 3.8) is 0 Å². The normalized spacial score (nSPS) is 25.9. The van der Waals surface area contributed by atoms with Gasteiger partial charge < -0.3 is 9.84 Å². The first-order valence-electron chi connectivity index (χ1n) is 6.33. The molecule has 0 amide bonds. The van der Waals surface area contributed by atoms with E-state index in [2.05, 4.69) is 4.72 Å². The number of aliphatic hydroxyl groups is 1. The molecule has 2 unspecified atom stereocenters. The molecule has 1 heterocycles. The van der Waals surface area contributed by atoms with E-state index >= 15 is 0 Å². The summed E-state index contributed by atoms with van der Waals surface area (Å²) in [6.45, 7) is 1.81. The van der Waals surface area contributed by atoms with Crippen LogP contribution in [0.3, 0.4) is 0 Å². The van der Waals surface area contributed by atoms with Gasteiger partial charge in [0.15, 0.2) is 0 Å². The maximum atomic E-state index is 12.1. The first kappa shape index (κ1) is 15.8. The number of nitrogens with zero attached hydrogens (tertiary/aromatic N) is 1. The second kappa shape index (κ2) is 5.68. The van der Waals surface area contributed by atoms with E-state index in [4.69, 9.17) is 4.74 Å². The van der Waals surface area contributed by atoms with E-state index in [1.807, 2.05) is 0 Å². The minimum absolute atomic E-state index is 0.209. The summed E-state index contributed by atoms with van der Waals surface area (Å²) in [5.41, 5.74) is -1.58. The van der Waals surface area contributed by atoms with E-state index in [0.717, 1.165) is 6.07 Å². The van der Waals surface area contributed by atoms with Gasteiger partial charge in [-0.15, -0.1) is 0 Å². The van der Waals surface area contributed by atoms with Crippen LogP contribution in [0, 0.1) is 10.1 Å². The van der Waals surface area contributed by atoms with Gasteiger partial charge in [-0.25, -0.2) is 13.1 Å². The van der Waals surface area contributed by atoms with Crippen LogP contribution < -0.4 is 4.72 Å². The van der Waals surface area contributed by atoms with Crippen molar-refractivity contribution in [2.75, 3.05) is 13.2 Å². The maximum absolute atomic E-state index is 12.1. The van der Waals surface area contributed by atoms with Crippen molar-refractivity contribution in [2.24, 2.45) is 0 Å². The van der Waals surface area contributed by atoms with E-state index in [0.29, 0.717) is 13.0 Å². The predicted molar refractivity (Wildman–Crippen MR) is 73.3 cm³/mol. The van der Waals surface area contributed by atoms with Gasteiger partial charge in [0.1, 0.15) is 5.60 Å². The van der Waals surface area contributed by atoms with Crippen LogP contribution in [0.1, 0.15) is 13.3 Å². The second-order valence-corrected chi connectivity index (χ2v) is 6.71. The number of hydrogen-bond donors (Lipinski definition) is 2. The summed E-state index contributed by atoms with van der Waals surface area (Å²) in [7, 11) is -3.94. The number of ether oxygens (including phenoxy) is 1. The van der Waals surface area contributed by atoms with Crippen LogP contribution in [-0.2, 0) is 14.8 Å². The van der Waals surface area contributed by atoms with E-state index in [-0.39, 0.29) is 17.1 Å². The summed E-state index contributed by atoms with van der Waals surface area (Å²) in [6.07, 6.45) is -0.156. The van der Waals surface area contributed by atoms with Crippen molar-refractivity contribution in [1.82, 2.24) is 4.72 Å². The average Bonchev–Trinajstić information content (AvgIpc) is 2.77. The number of sulfonamides is 1. The molecule has 0 aromatic heterocycles. The van der Waals surface area contributed by atoms with Crippen LogP contribution in [0.2, 0.25) is 0 Å². The van der Waals surface area contributed by atoms with Gasteiger partial charge in [0.05, 0.1) is 15.9 Å². The number of nitro benzene ring substituents is 1. The molecule has 1 aliphatic heterocycles. The summed E-state index contributed by atoms with van der Waals surface area (Å²) >= 11 is 0. The summed E-state index contributed by atoms with van der Waals surface area (Å²) in [5, 5.41) is 20.9. The van der Waals surface area contributed by atoms with Crippen molar-refractivity contribution in [1.29, 1.82) is 0 Å². The van der Waals surface area contributed by atoms with Crippen LogP contribution >= 0.6 is 0 Å². The SMILES string of the molecule is CC1OCCC1(O)CNS(=O)(=O)c1cccc([N+](=O)[O-])c1. The molecule has 1 fully saturated rings. The topological polar surface area (TPSA) is 119 Å². The molecule has 0 spiro atoms. The van der Waals surface area contributed by atoms with E-state index < -0.39 is 26.7 Å². The Morgan fingerprint density at radius 3 is 2.86 bits per heavy atom. The third-order valence-electron chi connectivity index (χ3n) is 3.57. The fourth-order valence-corrected chi connectivity index (χ4v) is 3.21. The fourth-order valence-electron chi connectivity index (χ4n) is 2.07. The monoisotopic (exact) mass is 316 g/mol. The van der Waals surface area contributed by atoms with Crippen LogP contribution in [0.5, 0.6) is 0 Å². The third-order valence-corrected chi connectivity index (χ3v) is 4.97. The number of nitro groups is 1. The summed E-state index contributed by atoms with van der Waals surface area (Å²) in [4.78, 5) is 9.79. The molecular weight excluding hydrogens is 300 g/mol. The van der Waals surface area contributed by atoms with Crippen molar-refractivity contribution in [3.05, 3.63) is 34.4 Å². The average molecular weight is 316 g/mol. The molecule has 1 aromatic carbocycles. The van der Waals surface area contributed by atoms with Crippen molar-refractivity contribution in [3.8, 4) is 0 Å². The molecule has 2 rings (SSSR count). The molecule has 0 radical (unpaired) electrons. The van der Waals surface area contributed by atoms with Gasteiger partial charge in [0.2, 0.25) is 10.0 Å². The molecule has 2 N–H and O–H groups in total. The van der Waals surface area contributed by atoms with Crippen molar-refractivity contribution in [2.45, 2.75) is 29.9 Å². The van der Waals surface area contributed by atoms with Gasteiger partial charge >= 0.3 is 0 Å². The number of hydrogen-bond acceptors (Lipinski definition) is 6. The van der Waals surface area contributed by atoms with Crippen LogP contribution in [0.25, 0.3) is 0 Å². The molecule has 1 aromatic rings. The Morgan fingerprint density at radius 1 is 1.57 bits per heavy atom. The highest BCUT2D eigenvalue weighted by atomic mass is 32.2. The zero-order chi connectivity index (χ0) is 15.7. The molecule has 2 atom stereocenters. The molecule has 1 saturated heterocycles. The van der Waals surface area contributed by atoms with Gasteiger partial charge in [-0.3, -0.25) is 10.1 Å². The lowest BCUT2D eigenvalue weighted by atomic mass is 9.97. The second-order valence-electron chi connectivity index (χ2n) is 4.95. The highest BCUT2D eigenvalue weighted by Gasteiger charge is 2.40. The van der Waals surface area contributed by atoms with Gasteiger partial charge in [-0.2, -0.15) is 0 Å². The van der Waals surface area contributed by atoms with Gasteiger partial charge in [-0.1, -0.05) is 6.07 Å². The lowest BCUT2D eigenvalue weighted by Gasteiger charge is -2.26. The van der Waals surface area contributed by atoms with Crippen LogP contribution in [0.4, 0.5) is 5.69 Å². The zero-order valence-corrected chi connectivity index (χ0v) is 12.2. The Kier molecular flexibility index (Phi) is 4.28. The number of non-ortho nitro benzene ring substituents is 1. The Balaban J connectivity index is 2.15. The molecule has 9 heteroatoms. The minimum atomic E-state index is -3.94. The number of benzene rings is 1. The molecule has 8 nitrogen and oxygen atoms in total. The minimum Gasteiger partial charge on any atom is -0.386 e. The first-order chi connectivity index (χ1) is 9.74. The summed E-state index contributed by atoms with van der Waals surface area (Å²) in [5.74, 6) is 0. The zero-order valence-electron chi connectivity index (χ0n) is 11.4. The lowest BCUT2D eigenvalue weighted by molar-refractivity contribution is -0.385. The molecule has 0 saturated carbocycles. The van der Waals surface area contributed by atoms with E-state index in [1.165, 1.54) is 18.2 Å². The molecule has 0 aliphatic carbocycles. The first-order valence-corrected chi connectivity index (χ1v) is 7.81. The summed E-state index contributed by atoms with van der Waals surface area (Å²) < 4.78 is 31.7. The van der Waals surface area contributed by atoms with Gasteiger partial charge in [0.25, 0.3) is 5.69 Å². The lowest BCUT2D eigenvalue weighted by Crippen LogP contribution is -2.47. The van der Waals surface area contributed by atoms with Crippen molar-refractivity contribution >= 4 is 15.7 Å². The molecular formula is C12H16N2O6S. The van der Waals surface area contributed by atoms with E-state index in [1.54, 1.807) is 6.92 Å². The molecule has 116 valence electrons. The summed E-state index contributed by atoms with van der Waals surface area (Å²) in [6, 6.07) is 4.73.